The molecule has 0 radical (unpaired) electrons. The fourth-order valence-corrected chi connectivity index (χ4v) is 1.31. The summed E-state index contributed by atoms with van der Waals surface area (Å²) in [6, 6.07) is 1.52. The van der Waals surface area contributed by atoms with Gasteiger partial charge in [-0.15, -0.1) is 0 Å². The van der Waals surface area contributed by atoms with Gasteiger partial charge in [-0.05, 0) is 0 Å². The topological polar surface area (TPSA) is 40.5 Å². The Hall–Kier alpha value is -1.16. The summed E-state index contributed by atoms with van der Waals surface area (Å²) in [5, 5.41) is 18.3. The first-order valence-corrected chi connectivity index (χ1v) is 4.18. The SMILES string of the molecule is CC(C)(CO)c1c(O)cc(F)cc1F. The summed E-state index contributed by atoms with van der Waals surface area (Å²) in [6.07, 6.45) is 0. The molecule has 0 amide bonds. The Kier molecular flexibility index (Phi) is 2.76. The Labute approximate surface area is 80.8 Å². The van der Waals surface area contributed by atoms with Crippen LogP contribution >= 0.6 is 0 Å². The van der Waals surface area contributed by atoms with Gasteiger partial charge in [-0.1, -0.05) is 13.8 Å². The van der Waals surface area contributed by atoms with Crippen LogP contribution in [0.3, 0.4) is 0 Å². The molecule has 78 valence electrons. The lowest BCUT2D eigenvalue weighted by atomic mass is 9.84. The van der Waals surface area contributed by atoms with E-state index in [2.05, 4.69) is 0 Å². The Bertz CT molecular complexity index is 325. The van der Waals surface area contributed by atoms with Crippen molar-refractivity contribution in [3.05, 3.63) is 29.3 Å². The van der Waals surface area contributed by atoms with E-state index in [4.69, 9.17) is 5.11 Å². The van der Waals surface area contributed by atoms with Crippen molar-refractivity contribution in [2.75, 3.05) is 6.61 Å². The predicted molar refractivity (Wildman–Crippen MR) is 48.1 cm³/mol. The molecule has 0 aliphatic carbocycles. The number of benzene rings is 1. The van der Waals surface area contributed by atoms with Gasteiger partial charge < -0.3 is 10.2 Å². The van der Waals surface area contributed by atoms with Crippen LogP contribution in [0.15, 0.2) is 12.1 Å². The maximum absolute atomic E-state index is 13.3. The maximum atomic E-state index is 13.3. The average molecular weight is 202 g/mol. The number of aliphatic hydroxyl groups excluding tert-OH is 1. The summed E-state index contributed by atoms with van der Waals surface area (Å²) in [6.45, 7) is 2.79. The van der Waals surface area contributed by atoms with Gasteiger partial charge in [0.1, 0.15) is 17.4 Å². The molecule has 0 spiro atoms. The molecule has 0 heterocycles. The minimum atomic E-state index is -0.929. The normalized spacial score (nSPS) is 11.8. The monoisotopic (exact) mass is 202 g/mol. The molecule has 1 aromatic rings. The highest BCUT2D eigenvalue weighted by Crippen LogP contribution is 2.33. The first-order chi connectivity index (χ1) is 6.38. The number of halogens is 2. The highest BCUT2D eigenvalue weighted by atomic mass is 19.1. The summed E-state index contributed by atoms with van der Waals surface area (Å²) < 4.78 is 25.9. The van der Waals surface area contributed by atoms with Crippen LogP contribution in [0.5, 0.6) is 5.75 Å². The highest BCUT2D eigenvalue weighted by Gasteiger charge is 2.27. The van der Waals surface area contributed by atoms with Crippen molar-refractivity contribution in [1.82, 2.24) is 0 Å². The molecule has 4 heteroatoms. The van der Waals surface area contributed by atoms with Crippen molar-refractivity contribution < 1.29 is 19.0 Å². The van der Waals surface area contributed by atoms with E-state index >= 15 is 0 Å². The summed E-state index contributed by atoms with van der Waals surface area (Å²) in [5.41, 5.74) is -0.997. The van der Waals surface area contributed by atoms with Crippen molar-refractivity contribution in [2.45, 2.75) is 19.3 Å². The number of aromatic hydroxyl groups is 1. The smallest absolute Gasteiger partial charge is 0.133 e. The second kappa shape index (κ2) is 3.53. The Morgan fingerprint density at radius 2 is 1.86 bits per heavy atom. The standard InChI is InChI=1S/C10H12F2O2/c1-10(2,5-13)9-7(12)3-6(11)4-8(9)14/h3-4,13-14H,5H2,1-2H3. The van der Waals surface area contributed by atoms with Crippen LogP contribution in [0.25, 0.3) is 0 Å². The van der Waals surface area contributed by atoms with Crippen LogP contribution in [0.4, 0.5) is 8.78 Å². The van der Waals surface area contributed by atoms with Crippen molar-refractivity contribution in [2.24, 2.45) is 0 Å². The largest absolute Gasteiger partial charge is 0.507 e. The van der Waals surface area contributed by atoms with Gasteiger partial charge in [-0.2, -0.15) is 0 Å². The van der Waals surface area contributed by atoms with Crippen LogP contribution in [-0.4, -0.2) is 16.8 Å². The fraction of sp³-hybridized carbons (Fsp3) is 0.400. The van der Waals surface area contributed by atoms with E-state index in [1.165, 1.54) is 0 Å². The summed E-state index contributed by atoms with van der Waals surface area (Å²) in [4.78, 5) is 0. The van der Waals surface area contributed by atoms with Crippen LogP contribution in [-0.2, 0) is 5.41 Å². The van der Waals surface area contributed by atoms with E-state index in [1.54, 1.807) is 13.8 Å². The number of phenols is 1. The van der Waals surface area contributed by atoms with Gasteiger partial charge in [-0.3, -0.25) is 0 Å². The molecule has 0 bridgehead atoms. The minimum Gasteiger partial charge on any atom is -0.507 e. The van der Waals surface area contributed by atoms with Crippen molar-refractivity contribution >= 4 is 0 Å². The zero-order valence-corrected chi connectivity index (χ0v) is 8.01. The molecule has 1 rings (SSSR count). The highest BCUT2D eigenvalue weighted by molar-refractivity contribution is 5.39. The van der Waals surface area contributed by atoms with E-state index < -0.39 is 22.8 Å². The molecular weight excluding hydrogens is 190 g/mol. The summed E-state index contributed by atoms with van der Waals surface area (Å²) in [7, 11) is 0. The molecule has 1 aromatic carbocycles. The molecule has 2 nitrogen and oxygen atoms in total. The lowest BCUT2D eigenvalue weighted by Gasteiger charge is -2.23. The van der Waals surface area contributed by atoms with Gasteiger partial charge in [0.15, 0.2) is 0 Å². The first-order valence-electron chi connectivity index (χ1n) is 4.18. The number of rotatable bonds is 2. The van der Waals surface area contributed by atoms with E-state index in [0.29, 0.717) is 6.07 Å². The van der Waals surface area contributed by atoms with E-state index in [1.807, 2.05) is 0 Å². The van der Waals surface area contributed by atoms with Gasteiger partial charge in [0.25, 0.3) is 0 Å². The maximum Gasteiger partial charge on any atom is 0.133 e. The van der Waals surface area contributed by atoms with Crippen molar-refractivity contribution in [1.29, 1.82) is 0 Å². The molecule has 0 atom stereocenters. The van der Waals surface area contributed by atoms with E-state index in [-0.39, 0.29) is 12.2 Å². The third-order valence-corrected chi connectivity index (χ3v) is 2.11. The van der Waals surface area contributed by atoms with Crippen molar-refractivity contribution in [3.63, 3.8) is 0 Å². The molecule has 0 saturated carbocycles. The van der Waals surface area contributed by atoms with E-state index in [9.17, 15) is 13.9 Å². The zero-order chi connectivity index (χ0) is 10.9. The molecule has 0 aliphatic heterocycles. The number of hydrogen-bond donors (Lipinski definition) is 2. The Morgan fingerprint density at radius 3 is 2.29 bits per heavy atom. The third-order valence-electron chi connectivity index (χ3n) is 2.11. The second-order valence-electron chi connectivity index (χ2n) is 3.82. The number of aliphatic hydroxyl groups is 1. The molecule has 0 aromatic heterocycles. The van der Waals surface area contributed by atoms with Gasteiger partial charge in [0, 0.05) is 23.1 Å². The Morgan fingerprint density at radius 1 is 1.29 bits per heavy atom. The van der Waals surface area contributed by atoms with Gasteiger partial charge in [0.2, 0.25) is 0 Å². The molecule has 0 unspecified atom stereocenters. The van der Waals surface area contributed by atoms with Crippen LogP contribution in [0, 0.1) is 11.6 Å². The summed E-state index contributed by atoms with van der Waals surface area (Å²) >= 11 is 0. The summed E-state index contributed by atoms with van der Waals surface area (Å²) in [5.74, 6) is -2.15. The van der Waals surface area contributed by atoms with Crippen LogP contribution in [0.1, 0.15) is 19.4 Å². The van der Waals surface area contributed by atoms with Gasteiger partial charge in [-0.25, -0.2) is 8.78 Å². The molecule has 0 saturated heterocycles. The van der Waals surface area contributed by atoms with Crippen LogP contribution in [0.2, 0.25) is 0 Å². The number of hydrogen-bond acceptors (Lipinski definition) is 2. The predicted octanol–water partition coefficient (Wildman–Crippen LogP) is 1.94. The lowest BCUT2D eigenvalue weighted by molar-refractivity contribution is 0.211. The van der Waals surface area contributed by atoms with E-state index in [0.717, 1.165) is 6.07 Å². The quantitative estimate of drug-likeness (QED) is 0.769. The minimum absolute atomic E-state index is 0.0681. The molecule has 14 heavy (non-hydrogen) atoms. The Balaban J connectivity index is 3.35. The third kappa shape index (κ3) is 1.85. The first kappa shape index (κ1) is 10.9. The van der Waals surface area contributed by atoms with Gasteiger partial charge >= 0.3 is 0 Å². The number of phenolic OH excluding ortho intramolecular Hbond substituents is 1. The zero-order valence-electron chi connectivity index (χ0n) is 8.01. The second-order valence-corrected chi connectivity index (χ2v) is 3.82. The van der Waals surface area contributed by atoms with Gasteiger partial charge in [0.05, 0.1) is 6.61 Å². The molecule has 0 fully saturated rings. The molecule has 0 aliphatic rings. The lowest BCUT2D eigenvalue weighted by Crippen LogP contribution is -2.23. The van der Waals surface area contributed by atoms with Crippen molar-refractivity contribution in [3.8, 4) is 5.75 Å². The van der Waals surface area contributed by atoms with Crippen LogP contribution < -0.4 is 0 Å². The fourth-order valence-electron chi connectivity index (χ4n) is 1.31. The average Bonchev–Trinajstić information content (AvgIpc) is 2.01. The molecular formula is C10H12F2O2. The molecule has 2 N–H and O–H groups in total.